The highest BCUT2D eigenvalue weighted by Gasteiger charge is 2.23. The van der Waals surface area contributed by atoms with Crippen LogP contribution < -0.4 is 23.7 Å². The summed E-state index contributed by atoms with van der Waals surface area (Å²) in [5.74, 6) is 0.599. The number of benzene rings is 3. The summed E-state index contributed by atoms with van der Waals surface area (Å²) in [6.45, 7) is 2.23. The first-order valence-electron chi connectivity index (χ1n) is 11.1. The number of carbonyl (C=O) groups is 1. The molecular weight excluding hydrogens is 459 g/mol. The lowest BCUT2D eigenvalue weighted by atomic mass is 10.2. The Morgan fingerprint density at radius 3 is 1.80 bits per heavy atom. The summed E-state index contributed by atoms with van der Waals surface area (Å²) in [7, 11) is 0. The SMILES string of the molecule is O=C(Oc1ccc(OCOc2ccc(OCC3CO3)cc2)c(F)c1)c1ccc(OCC2CO2)cc1. The third kappa shape index (κ3) is 6.84. The highest BCUT2D eigenvalue weighted by Crippen LogP contribution is 2.25. The first-order valence-corrected chi connectivity index (χ1v) is 11.1. The largest absolute Gasteiger partial charge is 0.491 e. The minimum Gasteiger partial charge on any atom is -0.491 e. The van der Waals surface area contributed by atoms with E-state index in [2.05, 4.69) is 0 Å². The fraction of sp³-hybridized carbons (Fsp3) is 0.269. The molecule has 0 radical (unpaired) electrons. The predicted molar refractivity (Wildman–Crippen MR) is 121 cm³/mol. The molecule has 5 rings (SSSR count). The number of rotatable bonds is 12. The van der Waals surface area contributed by atoms with Gasteiger partial charge < -0.3 is 33.2 Å². The predicted octanol–water partition coefficient (Wildman–Crippen LogP) is 4.02. The van der Waals surface area contributed by atoms with Gasteiger partial charge >= 0.3 is 5.97 Å². The van der Waals surface area contributed by atoms with Crippen LogP contribution in [0.5, 0.6) is 28.7 Å². The third-order valence-corrected chi connectivity index (χ3v) is 5.14. The van der Waals surface area contributed by atoms with E-state index in [-0.39, 0.29) is 30.5 Å². The number of esters is 1. The molecule has 2 aliphatic heterocycles. The van der Waals surface area contributed by atoms with Crippen LogP contribution in [0.15, 0.2) is 66.7 Å². The molecule has 0 bridgehead atoms. The van der Waals surface area contributed by atoms with E-state index >= 15 is 0 Å². The quantitative estimate of drug-likeness (QED) is 0.166. The van der Waals surface area contributed by atoms with Gasteiger partial charge in [0.2, 0.25) is 6.79 Å². The fourth-order valence-electron chi connectivity index (χ4n) is 3.02. The first kappa shape index (κ1) is 22.9. The van der Waals surface area contributed by atoms with E-state index in [1.807, 2.05) is 0 Å². The summed E-state index contributed by atoms with van der Waals surface area (Å²) >= 11 is 0. The minimum atomic E-state index is -0.684. The van der Waals surface area contributed by atoms with Crippen molar-refractivity contribution in [2.75, 3.05) is 33.2 Å². The zero-order valence-electron chi connectivity index (χ0n) is 18.7. The van der Waals surface area contributed by atoms with E-state index in [4.69, 9.17) is 33.2 Å². The molecule has 9 heteroatoms. The summed E-state index contributed by atoms with van der Waals surface area (Å²) < 4.78 is 51.8. The maximum atomic E-state index is 14.4. The van der Waals surface area contributed by atoms with Gasteiger partial charge in [0.1, 0.15) is 48.4 Å². The van der Waals surface area contributed by atoms with Crippen molar-refractivity contribution in [3.63, 3.8) is 0 Å². The molecule has 0 amide bonds. The molecule has 0 aliphatic carbocycles. The van der Waals surface area contributed by atoms with Crippen LogP contribution in [0.2, 0.25) is 0 Å². The van der Waals surface area contributed by atoms with Crippen molar-refractivity contribution in [3.05, 3.63) is 78.1 Å². The molecule has 0 N–H and O–H groups in total. The summed E-state index contributed by atoms with van der Waals surface area (Å²) in [4.78, 5) is 12.4. The normalized spacial score (nSPS) is 17.9. The maximum Gasteiger partial charge on any atom is 0.343 e. The van der Waals surface area contributed by atoms with Crippen molar-refractivity contribution in [1.29, 1.82) is 0 Å². The molecule has 8 nitrogen and oxygen atoms in total. The van der Waals surface area contributed by atoms with Crippen molar-refractivity contribution in [3.8, 4) is 28.7 Å². The Morgan fingerprint density at radius 1 is 0.743 bits per heavy atom. The lowest BCUT2D eigenvalue weighted by molar-refractivity contribution is 0.0733. The van der Waals surface area contributed by atoms with Crippen LogP contribution in [0, 0.1) is 5.82 Å². The standard InChI is InChI=1S/C26H23FO8/c27-24-11-21(35-26(28)17-1-3-18(4-2-17)29-12-22-14-31-22)9-10-25(24)34-16-33-20-7-5-19(6-8-20)30-13-23-15-32-23/h1-11,22-23H,12-16H2. The average molecular weight is 482 g/mol. The zero-order valence-corrected chi connectivity index (χ0v) is 18.7. The number of hydrogen-bond donors (Lipinski definition) is 0. The Bertz CT molecular complexity index is 1140. The van der Waals surface area contributed by atoms with Gasteiger partial charge in [-0.05, 0) is 60.7 Å². The number of epoxide rings is 2. The van der Waals surface area contributed by atoms with Crippen molar-refractivity contribution in [2.45, 2.75) is 12.2 Å². The molecule has 2 heterocycles. The molecule has 182 valence electrons. The third-order valence-electron chi connectivity index (χ3n) is 5.14. The van der Waals surface area contributed by atoms with Crippen molar-refractivity contribution >= 4 is 5.97 Å². The molecule has 3 aromatic carbocycles. The number of hydrogen-bond acceptors (Lipinski definition) is 8. The number of carbonyl (C=O) groups excluding carboxylic acids is 1. The van der Waals surface area contributed by atoms with Crippen LogP contribution in [0.3, 0.4) is 0 Å². The van der Waals surface area contributed by atoms with Gasteiger partial charge in [0.05, 0.1) is 18.8 Å². The Morgan fingerprint density at radius 2 is 1.26 bits per heavy atom. The summed E-state index contributed by atoms with van der Waals surface area (Å²) in [5, 5.41) is 0. The van der Waals surface area contributed by atoms with Crippen LogP contribution in [-0.4, -0.2) is 51.4 Å². The van der Waals surface area contributed by atoms with E-state index in [9.17, 15) is 9.18 Å². The molecule has 3 aromatic rings. The second kappa shape index (κ2) is 10.6. The van der Waals surface area contributed by atoms with Crippen molar-refractivity contribution in [1.82, 2.24) is 0 Å². The van der Waals surface area contributed by atoms with Gasteiger partial charge in [-0.2, -0.15) is 0 Å². The Kier molecular flexibility index (Phi) is 6.97. The zero-order chi connectivity index (χ0) is 24.0. The van der Waals surface area contributed by atoms with Gasteiger partial charge in [-0.15, -0.1) is 0 Å². The summed E-state index contributed by atoms with van der Waals surface area (Å²) in [6.07, 6.45) is 0.329. The van der Waals surface area contributed by atoms with Crippen LogP contribution in [0.25, 0.3) is 0 Å². The van der Waals surface area contributed by atoms with E-state index in [0.717, 1.165) is 12.7 Å². The number of ether oxygens (including phenoxy) is 7. The molecular formula is C26H23FO8. The molecule has 2 saturated heterocycles. The summed E-state index contributed by atoms with van der Waals surface area (Å²) in [6, 6.07) is 17.4. The lowest BCUT2D eigenvalue weighted by Gasteiger charge is -2.11. The fourth-order valence-corrected chi connectivity index (χ4v) is 3.02. The monoisotopic (exact) mass is 482 g/mol. The molecule has 2 atom stereocenters. The van der Waals surface area contributed by atoms with Gasteiger partial charge in [0, 0.05) is 6.07 Å². The molecule has 35 heavy (non-hydrogen) atoms. The van der Waals surface area contributed by atoms with Crippen LogP contribution in [0.1, 0.15) is 10.4 Å². The van der Waals surface area contributed by atoms with E-state index in [1.54, 1.807) is 48.5 Å². The topological polar surface area (TPSA) is 88.3 Å². The first-order chi connectivity index (χ1) is 17.1. The van der Waals surface area contributed by atoms with E-state index in [0.29, 0.717) is 42.6 Å². The maximum absolute atomic E-state index is 14.4. The molecule has 0 saturated carbocycles. The van der Waals surface area contributed by atoms with Gasteiger partial charge in [0.25, 0.3) is 0 Å². The molecule has 2 aliphatic rings. The van der Waals surface area contributed by atoms with Gasteiger partial charge in [0.15, 0.2) is 11.6 Å². The molecule has 2 unspecified atom stereocenters. The van der Waals surface area contributed by atoms with Crippen LogP contribution in [0.4, 0.5) is 4.39 Å². The smallest absolute Gasteiger partial charge is 0.343 e. The minimum absolute atomic E-state index is 0.0321. The van der Waals surface area contributed by atoms with E-state index < -0.39 is 11.8 Å². The van der Waals surface area contributed by atoms with Crippen molar-refractivity contribution in [2.24, 2.45) is 0 Å². The molecule has 0 spiro atoms. The lowest BCUT2D eigenvalue weighted by Crippen LogP contribution is -2.10. The Labute approximate surface area is 201 Å². The highest BCUT2D eigenvalue weighted by molar-refractivity contribution is 5.91. The summed E-state index contributed by atoms with van der Waals surface area (Å²) in [5.41, 5.74) is 0.312. The second-order valence-electron chi connectivity index (χ2n) is 7.92. The van der Waals surface area contributed by atoms with E-state index in [1.165, 1.54) is 12.1 Å². The molecule has 2 fully saturated rings. The Hall–Kier alpha value is -3.82. The Balaban J connectivity index is 1.07. The highest BCUT2D eigenvalue weighted by atomic mass is 19.1. The van der Waals surface area contributed by atoms with Gasteiger partial charge in [-0.1, -0.05) is 0 Å². The number of halogens is 1. The average Bonchev–Trinajstić information content (AvgIpc) is 3.79. The second-order valence-corrected chi connectivity index (χ2v) is 7.92. The van der Waals surface area contributed by atoms with Gasteiger partial charge in [-0.3, -0.25) is 0 Å². The van der Waals surface area contributed by atoms with Crippen LogP contribution >= 0.6 is 0 Å². The van der Waals surface area contributed by atoms with Crippen molar-refractivity contribution < 1.29 is 42.3 Å². The molecule has 0 aromatic heterocycles. The van der Waals surface area contributed by atoms with Crippen LogP contribution in [-0.2, 0) is 9.47 Å². The van der Waals surface area contributed by atoms with Gasteiger partial charge in [-0.25, -0.2) is 9.18 Å².